The topological polar surface area (TPSA) is 37.3 Å². The zero-order chi connectivity index (χ0) is 11.5. The van der Waals surface area contributed by atoms with E-state index in [0.29, 0.717) is 18.4 Å². The van der Waals surface area contributed by atoms with E-state index in [1.807, 2.05) is 0 Å². The Kier molecular flexibility index (Phi) is 2.86. The molecule has 0 unspecified atom stereocenters. The maximum absolute atomic E-state index is 13.5. The molecule has 1 aliphatic carbocycles. The Bertz CT molecular complexity index is 486. The van der Waals surface area contributed by atoms with E-state index in [9.17, 15) is 9.18 Å². The molecule has 3 heteroatoms. The van der Waals surface area contributed by atoms with Gasteiger partial charge >= 0.3 is 5.97 Å². The highest BCUT2D eigenvalue weighted by atomic mass is 19.1. The fourth-order valence-electron chi connectivity index (χ4n) is 1.85. The predicted octanol–water partition coefficient (Wildman–Crippen LogP) is 3.01. The molecule has 16 heavy (non-hydrogen) atoms. The van der Waals surface area contributed by atoms with Gasteiger partial charge < -0.3 is 5.11 Å². The minimum Gasteiger partial charge on any atom is -0.478 e. The number of halogens is 1. The normalized spacial score (nSPS) is 17.6. The van der Waals surface area contributed by atoms with Crippen molar-refractivity contribution >= 4 is 11.5 Å². The summed E-state index contributed by atoms with van der Waals surface area (Å²) in [5, 5.41) is 8.61. The lowest BCUT2D eigenvalue weighted by Crippen LogP contribution is -1.88. The quantitative estimate of drug-likeness (QED) is 0.775. The summed E-state index contributed by atoms with van der Waals surface area (Å²) in [5.74, 6) is -1.22. The molecule has 1 N–H and O–H groups in total. The van der Waals surface area contributed by atoms with Crippen molar-refractivity contribution in [1.29, 1.82) is 0 Å². The molecule has 82 valence electrons. The van der Waals surface area contributed by atoms with Gasteiger partial charge in [0.2, 0.25) is 0 Å². The summed E-state index contributed by atoms with van der Waals surface area (Å²) >= 11 is 0. The number of carbonyl (C=O) groups is 1. The SMILES string of the molecule is O=C(O)/C=C1/C=C(c2ccccc2F)CC1. The van der Waals surface area contributed by atoms with E-state index in [1.165, 1.54) is 12.1 Å². The summed E-state index contributed by atoms with van der Waals surface area (Å²) in [6.45, 7) is 0. The Hall–Kier alpha value is -1.90. The summed E-state index contributed by atoms with van der Waals surface area (Å²) in [7, 11) is 0. The predicted molar refractivity (Wildman–Crippen MR) is 59.3 cm³/mol. The molecule has 0 atom stereocenters. The first kappa shape index (κ1) is 10.6. The standard InChI is InChI=1S/C13H11FO2/c14-12-4-2-1-3-11(12)10-6-5-9(7-10)8-13(15)16/h1-4,7-8H,5-6H2,(H,15,16)/b9-8+. The van der Waals surface area contributed by atoms with Crippen molar-refractivity contribution in [1.82, 2.24) is 0 Å². The Balaban J connectivity index is 2.32. The van der Waals surface area contributed by atoms with Gasteiger partial charge in [-0.3, -0.25) is 0 Å². The fourth-order valence-corrected chi connectivity index (χ4v) is 1.85. The van der Waals surface area contributed by atoms with E-state index in [0.717, 1.165) is 11.1 Å². The van der Waals surface area contributed by atoms with Crippen LogP contribution in [0, 0.1) is 5.82 Å². The Labute approximate surface area is 92.7 Å². The molecular weight excluding hydrogens is 207 g/mol. The molecule has 0 bridgehead atoms. The lowest BCUT2D eigenvalue weighted by molar-refractivity contribution is -0.131. The van der Waals surface area contributed by atoms with Crippen molar-refractivity contribution in [3.05, 3.63) is 53.4 Å². The van der Waals surface area contributed by atoms with E-state index < -0.39 is 5.97 Å². The number of carboxylic acid groups (broad SMARTS) is 1. The van der Waals surface area contributed by atoms with Gasteiger partial charge in [0.05, 0.1) is 0 Å². The maximum Gasteiger partial charge on any atom is 0.328 e. The van der Waals surface area contributed by atoms with E-state index in [2.05, 4.69) is 0 Å². The maximum atomic E-state index is 13.5. The van der Waals surface area contributed by atoms with E-state index in [4.69, 9.17) is 5.11 Å². The van der Waals surface area contributed by atoms with Gasteiger partial charge in [-0.1, -0.05) is 24.3 Å². The summed E-state index contributed by atoms with van der Waals surface area (Å²) in [6, 6.07) is 6.54. The Morgan fingerprint density at radius 2 is 2.06 bits per heavy atom. The zero-order valence-electron chi connectivity index (χ0n) is 8.61. The molecule has 1 aliphatic rings. The number of rotatable bonds is 2. The number of benzene rings is 1. The van der Waals surface area contributed by atoms with Gasteiger partial charge in [-0.25, -0.2) is 9.18 Å². The summed E-state index contributed by atoms with van der Waals surface area (Å²) < 4.78 is 13.5. The van der Waals surface area contributed by atoms with Crippen LogP contribution in [0.25, 0.3) is 5.57 Å². The first-order valence-electron chi connectivity index (χ1n) is 5.06. The van der Waals surface area contributed by atoms with Crippen molar-refractivity contribution in [3.63, 3.8) is 0 Å². The van der Waals surface area contributed by atoms with Crippen LogP contribution in [-0.4, -0.2) is 11.1 Å². The zero-order valence-corrected chi connectivity index (χ0v) is 8.61. The summed E-state index contributed by atoms with van der Waals surface area (Å²) in [5.41, 5.74) is 2.17. The molecule has 2 nitrogen and oxygen atoms in total. The molecular formula is C13H11FO2. The summed E-state index contributed by atoms with van der Waals surface area (Å²) in [6.07, 6.45) is 4.29. The molecule has 1 aromatic rings. The molecule has 0 radical (unpaired) electrons. The van der Waals surface area contributed by atoms with Crippen LogP contribution >= 0.6 is 0 Å². The van der Waals surface area contributed by atoms with Gasteiger partial charge in [-0.15, -0.1) is 0 Å². The van der Waals surface area contributed by atoms with E-state index in [1.54, 1.807) is 24.3 Å². The minimum atomic E-state index is -0.957. The van der Waals surface area contributed by atoms with E-state index in [-0.39, 0.29) is 5.82 Å². The second-order valence-corrected chi connectivity index (χ2v) is 3.71. The highest BCUT2D eigenvalue weighted by Gasteiger charge is 2.14. The van der Waals surface area contributed by atoms with Gasteiger partial charge in [0.25, 0.3) is 0 Å². The molecule has 1 aromatic carbocycles. The van der Waals surface area contributed by atoms with Gasteiger partial charge in [-0.2, -0.15) is 0 Å². The average molecular weight is 218 g/mol. The Morgan fingerprint density at radius 3 is 2.75 bits per heavy atom. The van der Waals surface area contributed by atoms with Gasteiger partial charge in [0.1, 0.15) is 5.82 Å². The highest BCUT2D eigenvalue weighted by Crippen LogP contribution is 2.32. The number of allylic oxidation sites excluding steroid dienone is 3. The fraction of sp³-hybridized carbons (Fsp3) is 0.154. The van der Waals surface area contributed by atoms with Crippen molar-refractivity contribution in [2.75, 3.05) is 0 Å². The van der Waals surface area contributed by atoms with Crippen LogP contribution in [0.2, 0.25) is 0 Å². The van der Waals surface area contributed by atoms with Gasteiger partial charge in [0, 0.05) is 11.6 Å². The lowest BCUT2D eigenvalue weighted by Gasteiger charge is -2.01. The van der Waals surface area contributed by atoms with Crippen molar-refractivity contribution in [3.8, 4) is 0 Å². The van der Waals surface area contributed by atoms with Crippen molar-refractivity contribution < 1.29 is 14.3 Å². The largest absolute Gasteiger partial charge is 0.478 e. The number of aliphatic carboxylic acids is 1. The molecule has 0 amide bonds. The van der Waals surface area contributed by atoms with Gasteiger partial charge in [0.15, 0.2) is 0 Å². The second-order valence-electron chi connectivity index (χ2n) is 3.71. The molecule has 0 aromatic heterocycles. The lowest BCUT2D eigenvalue weighted by atomic mass is 10.1. The first-order valence-corrected chi connectivity index (χ1v) is 5.06. The third kappa shape index (κ3) is 2.19. The van der Waals surface area contributed by atoms with Crippen molar-refractivity contribution in [2.24, 2.45) is 0 Å². The molecule has 0 saturated carbocycles. The van der Waals surface area contributed by atoms with Crippen LogP contribution in [0.15, 0.2) is 42.0 Å². The monoisotopic (exact) mass is 218 g/mol. The molecule has 0 saturated heterocycles. The number of hydrogen-bond donors (Lipinski definition) is 1. The smallest absolute Gasteiger partial charge is 0.328 e. The molecule has 0 aliphatic heterocycles. The second kappa shape index (κ2) is 4.31. The minimum absolute atomic E-state index is 0.259. The molecule has 2 rings (SSSR count). The Morgan fingerprint density at radius 1 is 1.31 bits per heavy atom. The van der Waals surface area contributed by atoms with Crippen molar-refractivity contribution in [2.45, 2.75) is 12.8 Å². The third-order valence-corrected chi connectivity index (χ3v) is 2.57. The van der Waals surface area contributed by atoms with Crippen LogP contribution in [-0.2, 0) is 4.79 Å². The molecule has 0 fully saturated rings. The van der Waals surface area contributed by atoms with Crippen LogP contribution in [0.4, 0.5) is 4.39 Å². The van der Waals surface area contributed by atoms with Crippen LogP contribution in [0.3, 0.4) is 0 Å². The number of carboxylic acids is 1. The van der Waals surface area contributed by atoms with Crippen LogP contribution in [0.5, 0.6) is 0 Å². The molecule has 0 spiro atoms. The highest BCUT2D eigenvalue weighted by molar-refractivity contribution is 5.83. The van der Waals surface area contributed by atoms with Crippen LogP contribution < -0.4 is 0 Å². The van der Waals surface area contributed by atoms with Gasteiger partial charge in [-0.05, 0) is 30.1 Å². The van der Waals surface area contributed by atoms with E-state index >= 15 is 0 Å². The molecule has 0 heterocycles. The number of hydrogen-bond acceptors (Lipinski definition) is 1. The third-order valence-electron chi connectivity index (χ3n) is 2.57. The first-order chi connectivity index (χ1) is 7.66. The summed E-state index contributed by atoms with van der Waals surface area (Å²) in [4.78, 5) is 10.5. The van der Waals surface area contributed by atoms with Crippen LogP contribution in [0.1, 0.15) is 18.4 Å². The average Bonchev–Trinajstić information content (AvgIpc) is 2.66.